The Morgan fingerprint density at radius 1 is 0.788 bits per heavy atom. The minimum Gasteiger partial charge on any atom is -0.495 e. The van der Waals surface area contributed by atoms with Crippen LogP contribution >= 0.6 is 0 Å². The summed E-state index contributed by atoms with van der Waals surface area (Å²) in [5, 5.41) is 2.84. The number of hydrogen-bond donors (Lipinski definition) is 1. The zero-order chi connectivity index (χ0) is 23.2. The molecular formula is C26H25N3O4. The minimum atomic E-state index is -0.504. The molecule has 1 fully saturated rings. The third-order valence-electron chi connectivity index (χ3n) is 5.56. The molecule has 4 rings (SSSR count). The average molecular weight is 444 g/mol. The van der Waals surface area contributed by atoms with E-state index < -0.39 is 11.8 Å². The second kappa shape index (κ2) is 9.99. The Balaban J connectivity index is 1.35. The van der Waals surface area contributed by atoms with Crippen molar-refractivity contribution >= 4 is 23.4 Å². The highest BCUT2D eigenvalue weighted by Crippen LogP contribution is 2.24. The monoisotopic (exact) mass is 443 g/mol. The maximum atomic E-state index is 12.6. The number of ether oxygens (including phenoxy) is 1. The topological polar surface area (TPSA) is 79.0 Å². The Labute approximate surface area is 192 Å². The summed E-state index contributed by atoms with van der Waals surface area (Å²) in [5.41, 5.74) is 2.92. The maximum absolute atomic E-state index is 12.6. The van der Waals surface area contributed by atoms with Gasteiger partial charge in [0, 0.05) is 31.7 Å². The van der Waals surface area contributed by atoms with E-state index in [-0.39, 0.29) is 5.91 Å². The van der Waals surface area contributed by atoms with Crippen molar-refractivity contribution in [2.45, 2.75) is 13.1 Å². The molecule has 0 bridgehead atoms. The summed E-state index contributed by atoms with van der Waals surface area (Å²) in [4.78, 5) is 40.9. The lowest BCUT2D eigenvalue weighted by molar-refractivity contribution is -0.156. The molecule has 0 unspecified atom stereocenters. The molecule has 0 saturated carbocycles. The SMILES string of the molecule is COc1ccccc1NC(=O)c1ccc(CN2CCN(Cc3ccccc3)C(=O)C2=O)cc1. The first kappa shape index (κ1) is 22.1. The number of methoxy groups -OCH3 is 1. The second-order valence-corrected chi connectivity index (χ2v) is 7.79. The zero-order valence-electron chi connectivity index (χ0n) is 18.4. The van der Waals surface area contributed by atoms with Crippen LogP contribution in [-0.2, 0) is 22.7 Å². The van der Waals surface area contributed by atoms with Gasteiger partial charge in [0.2, 0.25) is 0 Å². The minimum absolute atomic E-state index is 0.258. The number of hydrogen-bond acceptors (Lipinski definition) is 4. The van der Waals surface area contributed by atoms with Crippen LogP contribution in [0, 0.1) is 0 Å². The van der Waals surface area contributed by atoms with Crippen molar-refractivity contribution in [3.05, 3.63) is 95.6 Å². The molecule has 0 atom stereocenters. The standard InChI is InChI=1S/C26H25N3O4/c1-33-23-10-6-5-9-22(23)27-24(30)21-13-11-20(12-14-21)18-29-16-15-28(25(31)26(29)32)17-19-7-3-2-4-8-19/h2-14H,15-18H2,1H3,(H,27,30). The van der Waals surface area contributed by atoms with Crippen LogP contribution in [0.2, 0.25) is 0 Å². The van der Waals surface area contributed by atoms with E-state index in [0.717, 1.165) is 11.1 Å². The van der Waals surface area contributed by atoms with Crippen molar-refractivity contribution in [2.75, 3.05) is 25.5 Å². The third kappa shape index (κ3) is 5.20. The Morgan fingerprint density at radius 2 is 1.33 bits per heavy atom. The van der Waals surface area contributed by atoms with Gasteiger partial charge in [-0.15, -0.1) is 0 Å². The van der Waals surface area contributed by atoms with Crippen LogP contribution in [0.15, 0.2) is 78.9 Å². The molecule has 3 amide bonds. The fourth-order valence-corrected chi connectivity index (χ4v) is 3.74. The highest BCUT2D eigenvalue weighted by Gasteiger charge is 2.32. The molecule has 7 nitrogen and oxygen atoms in total. The van der Waals surface area contributed by atoms with Gasteiger partial charge in [0.1, 0.15) is 5.75 Å². The summed E-state index contributed by atoms with van der Waals surface area (Å²) >= 11 is 0. The van der Waals surface area contributed by atoms with Gasteiger partial charge >= 0.3 is 11.8 Å². The number of nitrogens with zero attached hydrogens (tertiary/aromatic N) is 2. The van der Waals surface area contributed by atoms with E-state index in [0.29, 0.717) is 43.2 Å². The summed E-state index contributed by atoms with van der Waals surface area (Å²) in [6.45, 7) is 1.69. The summed E-state index contributed by atoms with van der Waals surface area (Å²) < 4.78 is 5.26. The molecule has 1 aliphatic heterocycles. The van der Waals surface area contributed by atoms with Crippen molar-refractivity contribution in [3.8, 4) is 5.75 Å². The van der Waals surface area contributed by atoms with Crippen LogP contribution in [0.25, 0.3) is 0 Å². The average Bonchev–Trinajstić information content (AvgIpc) is 2.85. The first-order valence-corrected chi connectivity index (χ1v) is 10.7. The highest BCUT2D eigenvalue weighted by molar-refractivity contribution is 6.35. The van der Waals surface area contributed by atoms with Crippen molar-refractivity contribution < 1.29 is 19.1 Å². The van der Waals surface area contributed by atoms with Gasteiger partial charge in [-0.25, -0.2) is 0 Å². The molecule has 7 heteroatoms. The molecule has 0 aliphatic carbocycles. The molecule has 1 saturated heterocycles. The predicted octanol–water partition coefficient (Wildman–Crippen LogP) is 3.32. The number of nitrogens with one attached hydrogen (secondary N) is 1. The van der Waals surface area contributed by atoms with E-state index in [1.807, 2.05) is 42.5 Å². The van der Waals surface area contributed by atoms with Crippen LogP contribution in [-0.4, -0.2) is 47.7 Å². The lowest BCUT2D eigenvalue weighted by atomic mass is 10.1. The van der Waals surface area contributed by atoms with Crippen LogP contribution in [0.4, 0.5) is 5.69 Å². The first-order valence-electron chi connectivity index (χ1n) is 10.7. The van der Waals surface area contributed by atoms with E-state index in [9.17, 15) is 14.4 Å². The van der Waals surface area contributed by atoms with Crippen LogP contribution in [0.1, 0.15) is 21.5 Å². The second-order valence-electron chi connectivity index (χ2n) is 7.79. The van der Waals surface area contributed by atoms with Gasteiger partial charge in [-0.05, 0) is 35.4 Å². The molecule has 33 heavy (non-hydrogen) atoms. The number of rotatable bonds is 7. The number of benzene rings is 3. The van der Waals surface area contributed by atoms with E-state index in [4.69, 9.17) is 4.74 Å². The number of anilines is 1. The third-order valence-corrected chi connectivity index (χ3v) is 5.56. The van der Waals surface area contributed by atoms with Crippen LogP contribution < -0.4 is 10.1 Å². The summed E-state index contributed by atoms with van der Waals surface area (Å²) in [5.74, 6) is -0.669. The van der Waals surface area contributed by atoms with E-state index in [1.165, 1.54) is 0 Å². The van der Waals surface area contributed by atoms with Crippen LogP contribution in [0.5, 0.6) is 5.75 Å². The lowest BCUT2D eigenvalue weighted by Crippen LogP contribution is -2.53. The lowest BCUT2D eigenvalue weighted by Gasteiger charge is -2.33. The van der Waals surface area contributed by atoms with Crippen molar-refractivity contribution in [1.82, 2.24) is 9.80 Å². The molecule has 3 aromatic carbocycles. The Morgan fingerprint density at radius 3 is 1.94 bits per heavy atom. The van der Waals surface area contributed by atoms with Gasteiger partial charge in [-0.1, -0.05) is 54.6 Å². The van der Waals surface area contributed by atoms with Gasteiger partial charge < -0.3 is 19.9 Å². The van der Waals surface area contributed by atoms with E-state index in [1.54, 1.807) is 53.3 Å². The van der Waals surface area contributed by atoms with Gasteiger partial charge in [0.25, 0.3) is 5.91 Å². The summed E-state index contributed by atoms with van der Waals surface area (Å²) in [6.07, 6.45) is 0. The van der Waals surface area contributed by atoms with Crippen molar-refractivity contribution in [1.29, 1.82) is 0 Å². The predicted molar refractivity (Wildman–Crippen MR) is 125 cm³/mol. The first-order chi connectivity index (χ1) is 16.0. The molecular weight excluding hydrogens is 418 g/mol. The highest BCUT2D eigenvalue weighted by atomic mass is 16.5. The Bertz CT molecular complexity index is 1150. The largest absolute Gasteiger partial charge is 0.495 e. The fourth-order valence-electron chi connectivity index (χ4n) is 3.74. The smallest absolute Gasteiger partial charge is 0.312 e. The van der Waals surface area contributed by atoms with Crippen LogP contribution in [0.3, 0.4) is 0 Å². The van der Waals surface area contributed by atoms with E-state index in [2.05, 4.69) is 5.32 Å². The van der Waals surface area contributed by atoms with Crippen molar-refractivity contribution in [2.24, 2.45) is 0 Å². The summed E-state index contributed by atoms with van der Waals surface area (Å²) in [6, 6.07) is 23.8. The summed E-state index contributed by atoms with van der Waals surface area (Å²) in [7, 11) is 1.55. The van der Waals surface area contributed by atoms with Gasteiger partial charge in [-0.2, -0.15) is 0 Å². The maximum Gasteiger partial charge on any atom is 0.312 e. The fraction of sp³-hybridized carbons (Fsp3) is 0.192. The molecule has 0 radical (unpaired) electrons. The number of carbonyl (C=O) groups excluding carboxylic acids is 3. The van der Waals surface area contributed by atoms with Gasteiger partial charge in [-0.3, -0.25) is 14.4 Å². The molecule has 1 heterocycles. The molecule has 1 aliphatic rings. The normalized spacial score (nSPS) is 13.7. The van der Waals surface area contributed by atoms with Gasteiger partial charge in [0.05, 0.1) is 12.8 Å². The number of piperazine rings is 1. The quantitative estimate of drug-likeness (QED) is 0.568. The molecule has 0 aromatic heterocycles. The molecule has 0 spiro atoms. The number of amides is 3. The molecule has 1 N–H and O–H groups in total. The number of carbonyl (C=O) groups is 3. The van der Waals surface area contributed by atoms with Gasteiger partial charge in [0.15, 0.2) is 0 Å². The zero-order valence-corrected chi connectivity index (χ0v) is 18.4. The van der Waals surface area contributed by atoms with Crippen molar-refractivity contribution in [3.63, 3.8) is 0 Å². The number of para-hydroxylation sites is 2. The molecule has 168 valence electrons. The molecule has 3 aromatic rings. The Kier molecular flexibility index (Phi) is 6.69. The van der Waals surface area contributed by atoms with E-state index >= 15 is 0 Å². The Hall–Kier alpha value is -4.13.